The maximum absolute atomic E-state index is 14.5. The number of rotatable bonds is 11. The molecule has 0 N–H and O–H groups in total. The van der Waals surface area contributed by atoms with E-state index >= 15 is 0 Å². The Balaban J connectivity index is 2.02. The number of amides is 1. The molecule has 4 rings (SSSR count). The lowest BCUT2D eigenvalue weighted by molar-refractivity contribution is -0.486. The lowest BCUT2D eigenvalue weighted by Crippen LogP contribution is -2.48. The zero-order chi connectivity index (χ0) is 26.6. The number of nitro groups is 1. The molecule has 0 radical (unpaired) electrons. The van der Waals surface area contributed by atoms with Gasteiger partial charge in [0.15, 0.2) is 5.60 Å². The number of hydrogen-bond acceptors (Lipinski definition) is 8. The summed E-state index contributed by atoms with van der Waals surface area (Å²) < 4.78 is 35.1. The molecule has 0 aromatic heterocycles. The van der Waals surface area contributed by atoms with Gasteiger partial charge in [-0.3, -0.25) is 28.5 Å². The third kappa shape index (κ3) is 5.01. The summed E-state index contributed by atoms with van der Waals surface area (Å²) in [5, 5.41) is 12.0. The highest BCUT2D eigenvalue weighted by molar-refractivity contribution is 7.48. The van der Waals surface area contributed by atoms with Gasteiger partial charge in [0, 0.05) is 24.7 Å². The number of carbonyl (C=O) groups excluding carboxylic acids is 1. The first-order valence-corrected chi connectivity index (χ1v) is 12.9. The van der Waals surface area contributed by atoms with Crippen molar-refractivity contribution in [3.8, 4) is 5.75 Å². The van der Waals surface area contributed by atoms with Crippen LogP contribution in [0.15, 0.2) is 78.9 Å². The average molecular weight is 526 g/mol. The predicted molar refractivity (Wildman–Crippen MR) is 136 cm³/mol. The van der Waals surface area contributed by atoms with Crippen LogP contribution in [-0.2, 0) is 35.1 Å². The molecule has 1 amide bonds. The van der Waals surface area contributed by atoms with Crippen LogP contribution in [0.4, 0.5) is 5.69 Å². The Kier molecular flexibility index (Phi) is 7.75. The minimum atomic E-state index is -4.35. The van der Waals surface area contributed by atoms with Crippen molar-refractivity contribution in [1.29, 1.82) is 0 Å². The largest absolute Gasteiger partial charge is 0.497 e. The van der Waals surface area contributed by atoms with Crippen LogP contribution in [-0.4, -0.2) is 38.7 Å². The molecule has 37 heavy (non-hydrogen) atoms. The molecule has 11 heteroatoms. The van der Waals surface area contributed by atoms with Crippen molar-refractivity contribution in [1.82, 2.24) is 0 Å². The average Bonchev–Trinajstić information content (AvgIpc) is 3.15. The Hall–Kier alpha value is -3.56. The third-order valence-electron chi connectivity index (χ3n) is 6.37. The van der Waals surface area contributed by atoms with Crippen LogP contribution >= 0.6 is 7.82 Å². The number of phosphoric acid groups is 1. The molecule has 1 aliphatic heterocycles. The summed E-state index contributed by atoms with van der Waals surface area (Å²) >= 11 is 0. The fraction of sp³-hybridized carbons (Fsp3) is 0.269. The van der Waals surface area contributed by atoms with E-state index in [-0.39, 0.29) is 12.1 Å². The molecule has 1 heterocycles. The number of anilines is 1. The summed E-state index contributed by atoms with van der Waals surface area (Å²) in [6.07, 6.45) is 0. The molecule has 3 aromatic rings. The van der Waals surface area contributed by atoms with Gasteiger partial charge in [-0.15, -0.1) is 0 Å². The fourth-order valence-corrected chi connectivity index (χ4v) is 5.59. The zero-order valence-electron chi connectivity index (χ0n) is 20.6. The highest BCUT2D eigenvalue weighted by Gasteiger charge is 2.62. The van der Waals surface area contributed by atoms with Gasteiger partial charge in [-0.25, -0.2) is 4.57 Å². The number of fused-ring (bicyclic) bond motifs is 1. The van der Waals surface area contributed by atoms with Gasteiger partial charge in [0.05, 0.1) is 25.3 Å². The van der Waals surface area contributed by atoms with Crippen LogP contribution in [0.1, 0.15) is 22.6 Å². The Morgan fingerprint density at radius 2 is 1.59 bits per heavy atom. The van der Waals surface area contributed by atoms with Crippen molar-refractivity contribution in [2.45, 2.75) is 18.1 Å². The number of phosphoric ester groups is 1. The highest BCUT2D eigenvalue weighted by Crippen LogP contribution is 2.61. The summed E-state index contributed by atoms with van der Waals surface area (Å²) in [7, 11) is -0.645. The molecule has 0 bridgehead atoms. The monoisotopic (exact) mass is 526 g/mol. The summed E-state index contributed by atoms with van der Waals surface area (Å²) in [6, 6.07) is 22.7. The number of ether oxygens (including phenoxy) is 1. The minimum absolute atomic E-state index is 0.147. The Labute approximate surface area is 214 Å². The minimum Gasteiger partial charge on any atom is -0.497 e. The van der Waals surface area contributed by atoms with Crippen molar-refractivity contribution in [3.05, 3.63) is 106 Å². The molecule has 0 unspecified atom stereocenters. The van der Waals surface area contributed by atoms with Gasteiger partial charge in [0.2, 0.25) is 6.54 Å². The van der Waals surface area contributed by atoms with Gasteiger partial charge < -0.3 is 9.64 Å². The second-order valence-corrected chi connectivity index (χ2v) is 10.2. The van der Waals surface area contributed by atoms with Crippen LogP contribution in [0.5, 0.6) is 5.75 Å². The van der Waals surface area contributed by atoms with Crippen LogP contribution in [0.2, 0.25) is 0 Å². The molecular formula is C26H27N2O8P. The van der Waals surface area contributed by atoms with Crippen molar-refractivity contribution in [2.24, 2.45) is 0 Å². The summed E-state index contributed by atoms with van der Waals surface area (Å²) in [6.45, 7) is -0.548. The Morgan fingerprint density at radius 3 is 2.16 bits per heavy atom. The molecule has 3 aromatic carbocycles. The normalized spacial score (nSPS) is 17.9. The van der Waals surface area contributed by atoms with Gasteiger partial charge in [-0.2, -0.15) is 0 Å². The second-order valence-electron chi connectivity index (χ2n) is 8.38. The molecule has 0 aliphatic carbocycles. The number of methoxy groups -OCH3 is 1. The number of carbonyl (C=O) groups is 1. The third-order valence-corrected chi connectivity index (χ3v) is 7.77. The zero-order valence-corrected chi connectivity index (χ0v) is 21.5. The van der Waals surface area contributed by atoms with E-state index < -0.39 is 36.7 Å². The molecule has 10 nitrogen and oxygen atoms in total. The Bertz CT molecular complexity index is 1310. The van der Waals surface area contributed by atoms with Crippen molar-refractivity contribution in [2.75, 3.05) is 32.8 Å². The number of benzene rings is 3. The van der Waals surface area contributed by atoms with E-state index in [2.05, 4.69) is 0 Å². The maximum Gasteiger partial charge on any atom is 0.475 e. The molecule has 0 saturated carbocycles. The first kappa shape index (κ1) is 26.5. The molecule has 1 aliphatic rings. The standard InChI is InChI=1S/C26H27N2O8P/c1-33-21-14-15-24-22(16-21)26(36-37(32,34-2)35-3,23(18-28(30)31)20-12-8-5-9-13-20)25(29)27(24)17-19-10-6-4-7-11-19/h4-16,23H,17-18H2,1-3H3/t23-,26-/m1/s1. The van der Waals surface area contributed by atoms with Crippen LogP contribution in [0.25, 0.3) is 0 Å². The molecule has 0 fully saturated rings. The molecule has 0 spiro atoms. The first-order valence-electron chi connectivity index (χ1n) is 11.4. The highest BCUT2D eigenvalue weighted by atomic mass is 31.2. The van der Waals surface area contributed by atoms with Crippen molar-refractivity contribution < 1.29 is 32.6 Å². The van der Waals surface area contributed by atoms with E-state index in [1.165, 1.54) is 12.0 Å². The second kappa shape index (κ2) is 10.8. The Morgan fingerprint density at radius 1 is 0.973 bits per heavy atom. The first-order chi connectivity index (χ1) is 17.8. The van der Waals surface area contributed by atoms with Gasteiger partial charge in [-0.1, -0.05) is 60.7 Å². The number of hydrogen-bond donors (Lipinski definition) is 0. The topological polar surface area (TPSA) is 117 Å². The van der Waals surface area contributed by atoms with Crippen LogP contribution in [0, 0.1) is 10.1 Å². The lowest BCUT2D eigenvalue weighted by Gasteiger charge is -2.36. The maximum atomic E-state index is 14.5. The van der Waals surface area contributed by atoms with E-state index in [1.807, 2.05) is 30.3 Å². The van der Waals surface area contributed by atoms with E-state index in [4.69, 9.17) is 18.3 Å². The number of nitrogens with zero attached hydrogens (tertiary/aromatic N) is 2. The molecule has 0 saturated heterocycles. The van der Waals surface area contributed by atoms with Crippen LogP contribution < -0.4 is 9.64 Å². The van der Waals surface area contributed by atoms with Gasteiger partial charge in [0.1, 0.15) is 5.75 Å². The summed E-state index contributed by atoms with van der Waals surface area (Å²) in [5.74, 6) is -1.44. The van der Waals surface area contributed by atoms with E-state index in [0.717, 1.165) is 19.8 Å². The summed E-state index contributed by atoms with van der Waals surface area (Å²) in [4.78, 5) is 27.4. The molecule has 194 valence electrons. The lowest BCUT2D eigenvalue weighted by atomic mass is 9.78. The SMILES string of the molecule is COc1ccc2c(c1)[C@@](OP(=O)(OC)OC)([C@H](C[N+](=O)[O-])c1ccccc1)C(=O)N2Cc1ccccc1. The van der Waals surface area contributed by atoms with E-state index in [0.29, 0.717) is 17.0 Å². The quantitative estimate of drug-likeness (QED) is 0.196. The van der Waals surface area contributed by atoms with E-state index in [1.54, 1.807) is 48.5 Å². The summed E-state index contributed by atoms with van der Waals surface area (Å²) in [5.41, 5.74) is -0.160. The van der Waals surface area contributed by atoms with Crippen LogP contribution in [0.3, 0.4) is 0 Å². The molecule has 2 atom stereocenters. The van der Waals surface area contributed by atoms with Gasteiger partial charge in [0.25, 0.3) is 5.91 Å². The van der Waals surface area contributed by atoms with Crippen molar-refractivity contribution >= 4 is 19.4 Å². The molecular weight excluding hydrogens is 499 g/mol. The van der Waals surface area contributed by atoms with Crippen molar-refractivity contribution in [3.63, 3.8) is 0 Å². The van der Waals surface area contributed by atoms with E-state index in [9.17, 15) is 19.5 Å². The fourth-order valence-electron chi connectivity index (χ4n) is 4.64. The van der Waals surface area contributed by atoms with Gasteiger partial charge >= 0.3 is 7.82 Å². The smallest absolute Gasteiger partial charge is 0.475 e. The predicted octanol–water partition coefficient (Wildman–Crippen LogP) is 4.92. The van der Waals surface area contributed by atoms with Gasteiger partial charge in [-0.05, 0) is 29.3 Å².